The monoisotopic (exact) mass is 384 g/mol. The smallest absolute Gasteiger partial charge is 0.253 e. The highest BCUT2D eigenvalue weighted by atomic mass is 35.5. The lowest BCUT2D eigenvalue weighted by Crippen LogP contribution is -2.37. The predicted octanol–water partition coefficient (Wildman–Crippen LogP) is 4.18. The van der Waals surface area contributed by atoms with E-state index in [4.69, 9.17) is 11.6 Å². The minimum absolute atomic E-state index is 0.0508. The van der Waals surface area contributed by atoms with E-state index in [9.17, 15) is 9.59 Å². The van der Waals surface area contributed by atoms with E-state index in [-0.39, 0.29) is 11.8 Å². The molecule has 1 aliphatic heterocycles. The van der Waals surface area contributed by atoms with E-state index in [1.807, 2.05) is 29.2 Å². The molecule has 2 amide bonds. The minimum atomic E-state index is -0.136. The first kappa shape index (κ1) is 19.4. The first-order valence-electron chi connectivity index (χ1n) is 9.45. The quantitative estimate of drug-likeness (QED) is 0.840. The number of hydrogen-bond donors (Lipinski definition) is 1. The maximum atomic E-state index is 12.6. The highest BCUT2D eigenvalue weighted by Gasteiger charge is 2.21. The first-order valence-corrected chi connectivity index (χ1v) is 9.82. The summed E-state index contributed by atoms with van der Waals surface area (Å²) in [6.07, 6.45) is 2.83. The number of carbonyl (C=O) groups excluding carboxylic acids is 2. The summed E-state index contributed by atoms with van der Waals surface area (Å²) < 4.78 is 0. The molecule has 142 valence electrons. The van der Waals surface area contributed by atoms with Gasteiger partial charge < -0.3 is 10.2 Å². The molecular weight excluding hydrogens is 360 g/mol. The second-order valence-electron chi connectivity index (χ2n) is 7.19. The van der Waals surface area contributed by atoms with Crippen molar-refractivity contribution in [2.45, 2.75) is 26.2 Å². The number of nitrogens with zero attached hydrogens (tertiary/aromatic N) is 1. The van der Waals surface area contributed by atoms with Crippen molar-refractivity contribution in [2.75, 3.05) is 19.6 Å². The molecule has 3 rings (SSSR count). The Bertz CT molecular complexity index is 796. The number of carbonyl (C=O) groups is 2. The Kier molecular flexibility index (Phi) is 6.51. The van der Waals surface area contributed by atoms with Gasteiger partial charge in [-0.15, -0.1) is 0 Å². The number of rotatable bonds is 5. The maximum Gasteiger partial charge on any atom is 0.253 e. The van der Waals surface area contributed by atoms with Crippen molar-refractivity contribution in [3.8, 4) is 0 Å². The third-order valence-corrected chi connectivity index (χ3v) is 5.29. The maximum absolute atomic E-state index is 12.6. The molecule has 1 N–H and O–H groups in total. The van der Waals surface area contributed by atoms with Crippen LogP contribution < -0.4 is 5.32 Å². The van der Waals surface area contributed by atoms with Crippen LogP contribution in [0.3, 0.4) is 0 Å². The van der Waals surface area contributed by atoms with Crippen LogP contribution in [0.4, 0.5) is 0 Å². The van der Waals surface area contributed by atoms with E-state index in [1.165, 1.54) is 0 Å². The van der Waals surface area contributed by atoms with Crippen molar-refractivity contribution in [1.82, 2.24) is 10.2 Å². The lowest BCUT2D eigenvalue weighted by molar-refractivity contribution is 0.0696. The molecule has 0 spiro atoms. The van der Waals surface area contributed by atoms with Crippen LogP contribution in [0.1, 0.15) is 46.0 Å². The van der Waals surface area contributed by atoms with Crippen LogP contribution >= 0.6 is 11.6 Å². The molecule has 1 saturated heterocycles. The van der Waals surface area contributed by atoms with E-state index in [1.54, 1.807) is 24.3 Å². The van der Waals surface area contributed by atoms with E-state index in [0.29, 0.717) is 28.6 Å². The van der Waals surface area contributed by atoms with Crippen molar-refractivity contribution in [3.63, 3.8) is 0 Å². The number of amides is 2. The molecule has 0 atom stereocenters. The molecule has 0 aliphatic carbocycles. The molecule has 0 radical (unpaired) electrons. The summed E-state index contributed by atoms with van der Waals surface area (Å²) in [4.78, 5) is 26.7. The molecule has 2 aromatic rings. The lowest BCUT2D eigenvalue weighted by Gasteiger charge is -2.30. The largest absolute Gasteiger partial charge is 0.352 e. The van der Waals surface area contributed by atoms with Crippen LogP contribution in [0.15, 0.2) is 48.5 Å². The second kappa shape index (κ2) is 9.05. The van der Waals surface area contributed by atoms with Gasteiger partial charge in [-0.05, 0) is 67.1 Å². The van der Waals surface area contributed by atoms with Crippen molar-refractivity contribution >= 4 is 23.4 Å². The average Bonchev–Trinajstić information content (AvgIpc) is 2.68. The zero-order valence-electron chi connectivity index (χ0n) is 15.6. The molecule has 4 nitrogen and oxygen atoms in total. The van der Waals surface area contributed by atoms with Crippen molar-refractivity contribution in [1.29, 1.82) is 0 Å². The van der Waals surface area contributed by atoms with Crippen LogP contribution in [0.25, 0.3) is 0 Å². The highest BCUT2D eigenvalue weighted by molar-refractivity contribution is 6.30. The zero-order chi connectivity index (χ0) is 19.2. The van der Waals surface area contributed by atoms with Gasteiger partial charge in [0.05, 0.1) is 0 Å². The normalized spacial score (nSPS) is 14.8. The van der Waals surface area contributed by atoms with Gasteiger partial charge in [0.2, 0.25) is 0 Å². The molecule has 2 aromatic carbocycles. The van der Waals surface area contributed by atoms with Crippen molar-refractivity contribution in [2.24, 2.45) is 5.92 Å². The summed E-state index contributed by atoms with van der Waals surface area (Å²) >= 11 is 5.97. The molecule has 27 heavy (non-hydrogen) atoms. The molecule has 5 heteroatoms. The van der Waals surface area contributed by atoms with E-state index in [2.05, 4.69) is 12.2 Å². The number of nitrogens with one attached hydrogen (secondary N) is 1. The van der Waals surface area contributed by atoms with Gasteiger partial charge in [0.15, 0.2) is 0 Å². The van der Waals surface area contributed by atoms with Crippen LogP contribution in [-0.4, -0.2) is 36.3 Å². The topological polar surface area (TPSA) is 49.4 Å². The van der Waals surface area contributed by atoms with Crippen LogP contribution in [0.5, 0.6) is 0 Å². The third-order valence-electron chi connectivity index (χ3n) is 5.05. The Morgan fingerprint density at radius 3 is 2.41 bits per heavy atom. The van der Waals surface area contributed by atoms with E-state index < -0.39 is 0 Å². The Morgan fingerprint density at radius 2 is 1.74 bits per heavy atom. The standard InChI is InChI=1S/C22H25ClN2O2/c1-16-10-13-25(14-11-16)22(27)19-7-5-18(6-8-19)21(26)24-12-9-17-3-2-4-20(23)15-17/h2-8,15-16H,9-14H2,1H3,(H,24,26). The summed E-state index contributed by atoms with van der Waals surface area (Å²) in [6.45, 7) is 4.38. The van der Waals surface area contributed by atoms with Gasteiger partial charge in [-0.25, -0.2) is 0 Å². The zero-order valence-corrected chi connectivity index (χ0v) is 16.3. The summed E-state index contributed by atoms with van der Waals surface area (Å²) in [7, 11) is 0. The fourth-order valence-corrected chi connectivity index (χ4v) is 3.49. The molecule has 1 aliphatic rings. The number of halogens is 1. The Morgan fingerprint density at radius 1 is 1.07 bits per heavy atom. The molecule has 1 heterocycles. The Balaban J connectivity index is 1.51. The first-order chi connectivity index (χ1) is 13.0. The lowest BCUT2D eigenvalue weighted by atomic mass is 9.98. The van der Waals surface area contributed by atoms with Gasteiger partial charge in [0.1, 0.15) is 0 Å². The third kappa shape index (κ3) is 5.33. The van der Waals surface area contributed by atoms with Gasteiger partial charge >= 0.3 is 0 Å². The Hall–Kier alpha value is -2.33. The highest BCUT2D eigenvalue weighted by Crippen LogP contribution is 2.18. The molecule has 0 aromatic heterocycles. The van der Waals surface area contributed by atoms with Crippen molar-refractivity contribution in [3.05, 3.63) is 70.2 Å². The molecule has 0 bridgehead atoms. The van der Waals surface area contributed by atoms with Crippen LogP contribution in [-0.2, 0) is 6.42 Å². The fourth-order valence-electron chi connectivity index (χ4n) is 3.27. The molecule has 0 unspecified atom stereocenters. The van der Waals surface area contributed by atoms with Crippen LogP contribution in [0, 0.1) is 5.92 Å². The summed E-state index contributed by atoms with van der Waals surface area (Å²) in [6, 6.07) is 14.5. The van der Waals surface area contributed by atoms with Crippen molar-refractivity contribution < 1.29 is 9.59 Å². The molecule has 0 saturated carbocycles. The summed E-state index contributed by atoms with van der Waals surface area (Å²) in [5, 5.41) is 3.60. The Labute approximate surface area is 165 Å². The second-order valence-corrected chi connectivity index (χ2v) is 7.62. The summed E-state index contributed by atoms with van der Waals surface area (Å²) in [5.41, 5.74) is 2.28. The fraction of sp³-hybridized carbons (Fsp3) is 0.364. The van der Waals surface area contributed by atoms with Gasteiger partial charge in [0, 0.05) is 35.8 Å². The number of benzene rings is 2. The average molecular weight is 385 g/mol. The van der Waals surface area contributed by atoms with Gasteiger partial charge in [-0.3, -0.25) is 9.59 Å². The SMILES string of the molecule is CC1CCN(C(=O)c2ccc(C(=O)NCCc3cccc(Cl)c3)cc2)CC1. The van der Waals surface area contributed by atoms with E-state index >= 15 is 0 Å². The number of likely N-dealkylation sites (tertiary alicyclic amines) is 1. The molecular formula is C22H25ClN2O2. The van der Waals surface area contributed by atoms with E-state index in [0.717, 1.165) is 37.9 Å². The van der Waals surface area contributed by atoms with Gasteiger partial charge in [-0.1, -0.05) is 30.7 Å². The summed E-state index contributed by atoms with van der Waals surface area (Å²) in [5.74, 6) is 0.602. The minimum Gasteiger partial charge on any atom is -0.352 e. The predicted molar refractivity (Wildman–Crippen MR) is 108 cm³/mol. The van der Waals surface area contributed by atoms with Crippen LogP contribution in [0.2, 0.25) is 5.02 Å². The molecule has 1 fully saturated rings. The van der Waals surface area contributed by atoms with Gasteiger partial charge in [0.25, 0.3) is 11.8 Å². The van der Waals surface area contributed by atoms with Gasteiger partial charge in [-0.2, -0.15) is 0 Å². The number of piperidine rings is 1. The number of hydrogen-bond acceptors (Lipinski definition) is 2.